The molecule has 3 aliphatic rings. The smallest absolute Gasteiger partial charge is 0.251 e. The van der Waals surface area contributed by atoms with Gasteiger partial charge in [-0.15, -0.1) is 0 Å². The highest BCUT2D eigenvalue weighted by atomic mass is 19.1. The number of halogens is 1. The number of carbonyl (C=O) groups is 1. The average molecular weight is 463 g/mol. The fourth-order valence-electron chi connectivity index (χ4n) is 6.97. The Labute approximate surface area is 201 Å². The molecule has 5 atom stereocenters. The van der Waals surface area contributed by atoms with Gasteiger partial charge in [-0.2, -0.15) is 0 Å². The molecule has 0 saturated heterocycles. The summed E-state index contributed by atoms with van der Waals surface area (Å²) in [5, 5.41) is 12.6. The second-order valence-electron chi connectivity index (χ2n) is 11.0. The monoisotopic (exact) mass is 462 g/mol. The van der Waals surface area contributed by atoms with Crippen LogP contribution >= 0.6 is 0 Å². The summed E-state index contributed by atoms with van der Waals surface area (Å²) in [7, 11) is 0. The van der Waals surface area contributed by atoms with Gasteiger partial charge in [-0.3, -0.25) is 9.78 Å². The number of hydrogen-bond donors (Lipinski definition) is 2. The summed E-state index contributed by atoms with van der Waals surface area (Å²) >= 11 is 0. The van der Waals surface area contributed by atoms with Crippen molar-refractivity contribution < 1.29 is 14.3 Å². The number of aryl methyl sites for hydroxylation is 1. The predicted octanol–water partition coefficient (Wildman–Crippen LogP) is 5.52. The quantitative estimate of drug-likeness (QED) is 0.615. The Kier molecular flexibility index (Phi) is 6.09. The molecular formula is C29H35FN2O2. The van der Waals surface area contributed by atoms with Crippen molar-refractivity contribution in [2.75, 3.05) is 6.61 Å². The summed E-state index contributed by atoms with van der Waals surface area (Å²) in [4.78, 5) is 16.9. The van der Waals surface area contributed by atoms with E-state index in [1.54, 1.807) is 12.3 Å². The molecule has 1 heterocycles. The molecule has 1 saturated carbocycles. The van der Waals surface area contributed by atoms with Crippen LogP contribution in [0.4, 0.5) is 4.39 Å². The van der Waals surface area contributed by atoms with Gasteiger partial charge < -0.3 is 10.4 Å². The maximum absolute atomic E-state index is 13.9. The van der Waals surface area contributed by atoms with Gasteiger partial charge in [-0.25, -0.2) is 4.39 Å². The molecule has 180 valence electrons. The number of carbonyl (C=O) groups excluding carboxylic acids is 1. The van der Waals surface area contributed by atoms with Gasteiger partial charge in [0.25, 0.3) is 5.91 Å². The predicted molar refractivity (Wildman–Crippen MR) is 132 cm³/mol. The van der Waals surface area contributed by atoms with Crippen LogP contribution in [0.15, 0.2) is 42.7 Å². The van der Waals surface area contributed by atoms with E-state index in [1.165, 1.54) is 22.9 Å². The number of nitrogens with one attached hydrogen (secondary N) is 1. The summed E-state index contributed by atoms with van der Waals surface area (Å²) in [6.07, 6.45) is 10.7. The van der Waals surface area contributed by atoms with Crippen LogP contribution in [0.2, 0.25) is 0 Å². The lowest BCUT2D eigenvalue weighted by Gasteiger charge is -2.50. The largest absolute Gasteiger partial charge is 0.394 e. The minimum Gasteiger partial charge on any atom is -0.394 e. The van der Waals surface area contributed by atoms with Crippen molar-refractivity contribution in [1.82, 2.24) is 10.3 Å². The van der Waals surface area contributed by atoms with E-state index in [9.17, 15) is 14.3 Å². The molecule has 0 radical (unpaired) electrons. The first-order valence-electron chi connectivity index (χ1n) is 12.7. The van der Waals surface area contributed by atoms with E-state index in [-0.39, 0.29) is 35.7 Å². The van der Waals surface area contributed by atoms with Crippen LogP contribution in [0.1, 0.15) is 79.4 Å². The maximum Gasteiger partial charge on any atom is 0.251 e. The van der Waals surface area contributed by atoms with Crippen molar-refractivity contribution >= 4 is 11.5 Å². The van der Waals surface area contributed by atoms with E-state index in [1.807, 2.05) is 19.9 Å². The maximum atomic E-state index is 13.9. The first-order chi connectivity index (χ1) is 16.3. The topological polar surface area (TPSA) is 62.2 Å². The van der Waals surface area contributed by atoms with Crippen molar-refractivity contribution in [3.8, 4) is 0 Å². The molecule has 1 aromatic carbocycles. The number of aliphatic hydroxyl groups is 1. The lowest BCUT2D eigenvalue weighted by atomic mass is 9.54. The summed E-state index contributed by atoms with van der Waals surface area (Å²) < 4.78 is 13.9. The van der Waals surface area contributed by atoms with Gasteiger partial charge >= 0.3 is 0 Å². The third-order valence-electron chi connectivity index (χ3n) is 8.90. The lowest BCUT2D eigenvalue weighted by Crippen LogP contribution is -2.42. The third-order valence-corrected chi connectivity index (χ3v) is 8.90. The van der Waals surface area contributed by atoms with Crippen LogP contribution < -0.4 is 5.32 Å². The fourth-order valence-corrected chi connectivity index (χ4v) is 6.97. The molecule has 2 N–H and O–H groups in total. The van der Waals surface area contributed by atoms with Crippen molar-refractivity contribution in [3.05, 3.63) is 70.8 Å². The molecule has 0 bridgehead atoms. The van der Waals surface area contributed by atoms with E-state index >= 15 is 0 Å². The standard InChI is InChI=1S/C29H35FN2O2/c1-17(2)27(16-33)32-28(34)19-5-6-22-18(12-19)4-7-24-23(22)10-11-29(3)25(8-9-26(24)29)20-13-21(30)15-31-14-20/h5-6,8,12-15,17,23-24,26-27,33H,4,7,9-11,16H2,1-3H3,(H,32,34). The molecule has 4 nitrogen and oxygen atoms in total. The van der Waals surface area contributed by atoms with Crippen LogP contribution in [0, 0.1) is 29.0 Å². The van der Waals surface area contributed by atoms with E-state index in [0.717, 1.165) is 37.7 Å². The molecule has 2 aromatic rings. The normalized spacial score (nSPS) is 28.5. The zero-order valence-corrected chi connectivity index (χ0v) is 20.4. The molecule has 5 rings (SSSR count). The minimum absolute atomic E-state index is 0.0556. The highest BCUT2D eigenvalue weighted by Crippen LogP contribution is 2.63. The summed E-state index contributed by atoms with van der Waals surface area (Å²) in [5.41, 5.74) is 5.63. The Bertz CT molecular complexity index is 1130. The molecule has 1 fully saturated rings. The first kappa shape index (κ1) is 23.2. The fraction of sp³-hybridized carbons (Fsp3) is 0.517. The van der Waals surface area contributed by atoms with Gasteiger partial charge in [0.1, 0.15) is 5.82 Å². The number of allylic oxidation sites excluding steroid dienone is 2. The number of aliphatic hydroxyl groups excluding tert-OH is 1. The molecule has 0 aliphatic heterocycles. The van der Waals surface area contributed by atoms with Crippen molar-refractivity contribution in [3.63, 3.8) is 0 Å². The molecule has 3 aliphatic carbocycles. The van der Waals surface area contributed by atoms with Crippen LogP contribution in [0.5, 0.6) is 0 Å². The number of benzene rings is 1. The Morgan fingerprint density at radius 1 is 1.26 bits per heavy atom. The van der Waals surface area contributed by atoms with Crippen molar-refractivity contribution in [2.24, 2.45) is 23.2 Å². The number of rotatable bonds is 5. The Balaban J connectivity index is 1.36. The van der Waals surface area contributed by atoms with Crippen molar-refractivity contribution in [1.29, 1.82) is 0 Å². The molecule has 0 spiro atoms. The Hall–Kier alpha value is -2.53. The molecule has 5 heteroatoms. The molecular weight excluding hydrogens is 427 g/mol. The average Bonchev–Trinajstić information content (AvgIpc) is 3.18. The zero-order valence-electron chi connectivity index (χ0n) is 20.4. The highest BCUT2D eigenvalue weighted by Gasteiger charge is 2.52. The van der Waals surface area contributed by atoms with Gasteiger partial charge in [0.2, 0.25) is 0 Å². The highest BCUT2D eigenvalue weighted by molar-refractivity contribution is 5.94. The van der Waals surface area contributed by atoms with Gasteiger partial charge in [0.15, 0.2) is 0 Å². The first-order valence-corrected chi connectivity index (χ1v) is 12.7. The lowest BCUT2D eigenvalue weighted by molar-refractivity contribution is 0.0879. The second kappa shape index (κ2) is 8.92. The van der Waals surface area contributed by atoms with Crippen LogP contribution in [-0.4, -0.2) is 28.6 Å². The van der Waals surface area contributed by atoms with E-state index in [2.05, 4.69) is 35.4 Å². The van der Waals surface area contributed by atoms with E-state index < -0.39 is 0 Å². The Morgan fingerprint density at radius 2 is 2.09 bits per heavy atom. The molecule has 1 aromatic heterocycles. The third kappa shape index (κ3) is 3.88. The number of pyridine rings is 1. The minimum atomic E-state index is -0.274. The second-order valence-corrected chi connectivity index (χ2v) is 11.0. The summed E-state index contributed by atoms with van der Waals surface area (Å²) in [6.45, 7) is 6.31. The summed E-state index contributed by atoms with van der Waals surface area (Å²) in [6, 6.07) is 7.59. The van der Waals surface area contributed by atoms with Crippen LogP contribution in [0.3, 0.4) is 0 Å². The number of amides is 1. The molecule has 1 amide bonds. The van der Waals surface area contributed by atoms with Gasteiger partial charge in [-0.05, 0) is 102 Å². The van der Waals surface area contributed by atoms with E-state index in [0.29, 0.717) is 23.3 Å². The van der Waals surface area contributed by atoms with Crippen LogP contribution in [0.25, 0.3) is 5.57 Å². The molecule has 34 heavy (non-hydrogen) atoms. The number of nitrogens with zero attached hydrogens (tertiary/aromatic N) is 1. The number of aromatic nitrogens is 1. The molecule has 5 unspecified atom stereocenters. The number of hydrogen-bond acceptors (Lipinski definition) is 3. The van der Waals surface area contributed by atoms with Crippen LogP contribution in [-0.2, 0) is 6.42 Å². The number of fused-ring (bicyclic) bond motifs is 5. The van der Waals surface area contributed by atoms with Gasteiger partial charge in [-0.1, -0.05) is 32.9 Å². The van der Waals surface area contributed by atoms with E-state index in [4.69, 9.17) is 0 Å². The Morgan fingerprint density at radius 3 is 2.82 bits per heavy atom. The zero-order chi connectivity index (χ0) is 24.0. The SMILES string of the molecule is CC(C)C(CO)NC(=O)c1ccc2c(c1)CCC1C2CCC2(C)C(c3cncc(F)c3)=CCC12. The van der Waals surface area contributed by atoms with Gasteiger partial charge in [0.05, 0.1) is 18.8 Å². The van der Waals surface area contributed by atoms with Gasteiger partial charge in [0, 0.05) is 11.8 Å². The van der Waals surface area contributed by atoms with Crippen molar-refractivity contribution in [2.45, 2.75) is 64.8 Å². The summed E-state index contributed by atoms with van der Waals surface area (Å²) in [5.74, 6) is 1.46.